The number of alkyl halides is 3. The Balaban J connectivity index is 2.04. The van der Waals surface area contributed by atoms with Gasteiger partial charge in [0.15, 0.2) is 0 Å². The van der Waals surface area contributed by atoms with Crippen LogP contribution in [0.3, 0.4) is 0 Å². The number of nitrogens with two attached hydrogens (primary N) is 1. The van der Waals surface area contributed by atoms with E-state index < -0.39 is 11.7 Å². The van der Waals surface area contributed by atoms with E-state index in [0.717, 1.165) is 11.6 Å². The average Bonchev–Trinajstić information content (AvgIpc) is 2.44. The third kappa shape index (κ3) is 3.93. The summed E-state index contributed by atoms with van der Waals surface area (Å²) in [6.07, 6.45) is -4.45. The van der Waals surface area contributed by atoms with Crippen LogP contribution in [0.1, 0.15) is 36.5 Å². The number of hydrogen-bond donors (Lipinski definition) is 1. The second-order valence-electron chi connectivity index (χ2n) is 5.43. The van der Waals surface area contributed by atoms with Crippen molar-refractivity contribution >= 4 is 5.69 Å². The van der Waals surface area contributed by atoms with Crippen LogP contribution < -0.4 is 10.5 Å². The molecule has 0 aromatic heterocycles. The van der Waals surface area contributed by atoms with E-state index in [-0.39, 0.29) is 12.3 Å². The van der Waals surface area contributed by atoms with E-state index >= 15 is 0 Å². The zero-order valence-electron chi connectivity index (χ0n) is 12.4. The lowest BCUT2D eigenvalue weighted by atomic mass is 10.0. The van der Waals surface area contributed by atoms with Gasteiger partial charge in [-0.05, 0) is 29.2 Å². The lowest BCUT2D eigenvalue weighted by Crippen LogP contribution is -2.09. The Morgan fingerprint density at radius 1 is 1.05 bits per heavy atom. The maximum Gasteiger partial charge on any atom is 0.418 e. The van der Waals surface area contributed by atoms with Crippen LogP contribution in [0, 0.1) is 0 Å². The molecule has 0 bridgehead atoms. The molecule has 2 N–H and O–H groups in total. The summed E-state index contributed by atoms with van der Waals surface area (Å²) in [4.78, 5) is 0. The molecule has 0 heterocycles. The predicted molar refractivity (Wildman–Crippen MR) is 80.7 cm³/mol. The molecule has 22 heavy (non-hydrogen) atoms. The summed E-state index contributed by atoms with van der Waals surface area (Å²) in [5, 5.41) is 0. The zero-order valence-corrected chi connectivity index (χ0v) is 12.4. The van der Waals surface area contributed by atoms with E-state index in [4.69, 9.17) is 10.5 Å². The van der Waals surface area contributed by atoms with Crippen LogP contribution in [0.25, 0.3) is 0 Å². The Bertz CT molecular complexity index is 633. The van der Waals surface area contributed by atoms with Gasteiger partial charge in [-0.2, -0.15) is 13.2 Å². The largest absolute Gasteiger partial charge is 0.489 e. The van der Waals surface area contributed by atoms with Crippen molar-refractivity contribution < 1.29 is 17.9 Å². The molecule has 0 aliphatic rings. The van der Waals surface area contributed by atoms with Crippen LogP contribution in [0.5, 0.6) is 5.75 Å². The highest BCUT2D eigenvalue weighted by Gasteiger charge is 2.32. The van der Waals surface area contributed by atoms with Crippen molar-refractivity contribution in [2.24, 2.45) is 0 Å². The molecule has 0 aliphatic heterocycles. The average molecular weight is 309 g/mol. The monoisotopic (exact) mass is 309 g/mol. The summed E-state index contributed by atoms with van der Waals surface area (Å²) in [6, 6.07) is 11.3. The first-order valence-electron chi connectivity index (χ1n) is 6.95. The van der Waals surface area contributed by atoms with E-state index in [1.807, 2.05) is 24.3 Å². The molecule has 0 spiro atoms. The molecule has 0 saturated heterocycles. The topological polar surface area (TPSA) is 35.2 Å². The molecule has 2 rings (SSSR count). The van der Waals surface area contributed by atoms with Crippen LogP contribution >= 0.6 is 0 Å². The van der Waals surface area contributed by atoms with Crippen molar-refractivity contribution in [3.63, 3.8) is 0 Å². The molecule has 2 aromatic rings. The van der Waals surface area contributed by atoms with E-state index in [1.165, 1.54) is 17.7 Å². The third-order valence-corrected chi connectivity index (χ3v) is 3.38. The first kappa shape index (κ1) is 16.2. The molecular formula is C17H18F3NO. The SMILES string of the molecule is CC(C)c1ccc(COc2ccc(C(F)(F)F)c(N)c2)cc1. The van der Waals surface area contributed by atoms with Gasteiger partial charge in [-0.1, -0.05) is 38.1 Å². The molecular weight excluding hydrogens is 291 g/mol. The minimum Gasteiger partial charge on any atom is -0.489 e. The van der Waals surface area contributed by atoms with Crippen molar-refractivity contribution in [2.75, 3.05) is 5.73 Å². The smallest absolute Gasteiger partial charge is 0.418 e. The summed E-state index contributed by atoms with van der Waals surface area (Å²) >= 11 is 0. The van der Waals surface area contributed by atoms with E-state index in [0.29, 0.717) is 11.7 Å². The van der Waals surface area contributed by atoms with Crippen molar-refractivity contribution in [3.8, 4) is 5.75 Å². The number of benzene rings is 2. The maximum absolute atomic E-state index is 12.6. The molecule has 0 atom stereocenters. The van der Waals surface area contributed by atoms with Crippen LogP contribution in [-0.4, -0.2) is 0 Å². The van der Waals surface area contributed by atoms with Crippen LogP contribution in [0.15, 0.2) is 42.5 Å². The lowest BCUT2D eigenvalue weighted by Gasteiger charge is -2.12. The summed E-state index contributed by atoms with van der Waals surface area (Å²) in [5.74, 6) is 0.767. The molecule has 2 aromatic carbocycles. The van der Waals surface area contributed by atoms with Gasteiger partial charge in [0, 0.05) is 11.8 Å². The minimum absolute atomic E-state index is 0.281. The first-order valence-corrected chi connectivity index (χ1v) is 6.95. The summed E-state index contributed by atoms with van der Waals surface area (Å²) in [7, 11) is 0. The van der Waals surface area contributed by atoms with Crippen molar-refractivity contribution in [2.45, 2.75) is 32.5 Å². The number of rotatable bonds is 4. The van der Waals surface area contributed by atoms with Gasteiger partial charge in [-0.3, -0.25) is 0 Å². The van der Waals surface area contributed by atoms with Crippen molar-refractivity contribution in [3.05, 3.63) is 59.2 Å². The highest BCUT2D eigenvalue weighted by molar-refractivity contribution is 5.52. The van der Waals surface area contributed by atoms with Crippen LogP contribution in [0.4, 0.5) is 18.9 Å². The van der Waals surface area contributed by atoms with E-state index in [1.54, 1.807) is 0 Å². The Hall–Kier alpha value is -2.17. The number of ether oxygens (including phenoxy) is 1. The third-order valence-electron chi connectivity index (χ3n) is 3.38. The number of halogens is 3. The zero-order chi connectivity index (χ0) is 16.3. The Kier molecular flexibility index (Phi) is 4.64. The van der Waals surface area contributed by atoms with Crippen molar-refractivity contribution in [1.29, 1.82) is 0 Å². The van der Waals surface area contributed by atoms with Gasteiger partial charge in [0.2, 0.25) is 0 Å². The molecule has 0 radical (unpaired) electrons. The molecule has 118 valence electrons. The van der Waals surface area contributed by atoms with Gasteiger partial charge >= 0.3 is 6.18 Å². The van der Waals surface area contributed by atoms with E-state index in [2.05, 4.69) is 13.8 Å². The maximum atomic E-state index is 12.6. The fourth-order valence-corrected chi connectivity index (χ4v) is 2.05. The molecule has 0 fully saturated rings. The van der Waals surface area contributed by atoms with Gasteiger partial charge in [0.1, 0.15) is 12.4 Å². The molecule has 2 nitrogen and oxygen atoms in total. The Morgan fingerprint density at radius 2 is 1.68 bits per heavy atom. The fraction of sp³-hybridized carbons (Fsp3) is 0.294. The standard InChI is InChI=1S/C17H18F3NO/c1-11(2)13-5-3-12(4-6-13)10-22-14-7-8-15(16(21)9-14)17(18,19)20/h3-9,11H,10,21H2,1-2H3. The fourth-order valence-electron chi connectivity index (χ4n) is 2.05. The minimum atomic E-state index is -4.45. The highest BCUT2D eigenvalue weighted by atomic mass is 19.4. The molecule has 0 saturated carbocycles. The number of hydrogen-bond acceptors (Lipinski definition) is 2. The van der Waals surface area contributed by atoms with Gasteiger partial charge in [-0.25, -0.2) is 0 Å². The molecule has 0 unspecified atom stereocenters. The Labute approximate surface area is 127 Å². The lowest BCUT2D eigenvalue weighted by molar-refractivity contribution is -0.136. The van der Waals surface area contributed by atoms with Crippen LogP contribution in [-0.2, 0) is 12.8 Å². The normalized spacial score (nSPS) is 11.7. The van der Waals surface area contributed by atoms with Crippen molar-refractivity contribution in [1.82, 2.24) is 0 Å². The first-order chi connectivity index (χ1) is 10.3. The van der Waals surface area contributed by atoms with Gasteiger partial charge in [0.05, 0.1) is 5.56 Å². The molecule has 0 amide bonds. The second-order valence-corrected chi connectivity index (χ2v) is 5.43. The van der Waals surface area contributed by atoms with Gasteiger partial charge in [-0.15, -0.1) is 0 Å². The number of anilines is 1. The summed E-state index contributed by atoms with van der Waals surface area (Å²) in [5.41, 5.74) is 6.42. The summed E-state index contributed by atoms with van der Waals surface area (Å²) in [6.45, 7) is 4.50. The molecule has 5 heteroatoms. The summed E-state index contributed by atoms with van der Waals surface area (Å²) < 4.78 is 43.3. The van der Waals surface area contributed by atoms with Gasteiger partial charge < -0.3 is 10.5 Å². The highest BCUT2D eigenvalue weighted by Crippen LogP contribution is 2.35. The predicted octanol–water partition coefficient (Wildman–Crippen LogP) is 4.99. The molecule has 0 aliphatic carbocycles. The second kappa shape index (κ2) is 6.30. The van der Waals surface area contributed by atoms with Gasteiger partial charge in [0.25, 0.3) is 0 Å². The Morgan fingerprint density at radius 3 is 2.18 bits per heavy atom. The number of nitrogen functional groups attached to an aromatic ring is 1. The quantitative estimate of drug-likeness (QED) is 0.808. The van der Waals surface area contributed by atoms with Crippen LogP contribution in [0.2, 0.25) is 0 Å². The van der Waals surface area contributed by atoms with E-state index in [9.17, 15) is 13.2 Å².